The van der Waals surface area contributed by atoms with E-state index in [2.05, 4.69) is 35.1 Å². The minimum Gasteiger partial charge on any atom is -0.422 e. The maximum atomic E-state index is 13.1. The molecule has 1 atom stereocenters. The van der Waals surface area contributed by atoms with Crippen molar-refractivity contribution in [2.45, 2.75) is 33.2 Å². The second-order valence-corrected chi connectivity index (χ2v) is 6.81. The molecule has 0 fully saturated rings. The maximum Gasteiger partial charge on any atom is 0.319 e. The number of carbonyl (C=O) groups is 1. The summed E-state index contributed by atoms with van der Waals surface area (Å²) in [6, 6.07) is 4.36. The van der Waals surface area contributed by atoms with Gasteiger partial charge in [0.2, 0.25) is 0 Å². The molecular formula is C20H18F3N7O2. The van der Waals surface area contributed by atoms with E-state index in [0.29, 0.717) is 45.9 Å². The van der Waals surface area contributed by atoms with Gasteiger partial charge in [0, 0.05) is 36.6 Å². The molecule has 0 aromatic carbocycles. The van der Waals surface area contributed by atoms with Gasteiger partial charge >= 0.3 is 18.8 Å². The van der Waals surface area contributed by atoms with Crippen molar-refractivity contribution in [2.24, 2.45) is 0 Å². The quantitative estimate of drug-likeness (QED) is 0.448. The van der Waals surface area contributed by atoms with E-state index in [0.717, 1.165) is 0 Å². The largest absolute Gasteiger partial charge is 0.422 e. The number of aryl methyl sites for hydroxylation is 2. The van der Waals surface area contributed by atoms with E-state index in [-0.39, 0.29) is 5.91 Å². The first-order valence-electron chi connectivity index (χ1n) is 9.60. The summed E-state index contributed by atoms with van der Waals surface area (Å²) in [6.45, 7) is 4.32. The first-order chi connectivity index (χ1) is 15.3. The van der Waals surface area contributed by atoms with Crippen molar-refractivity contribution in [3.8, 4) is 17.4 Å². The SMILES string of the molecule is CCn1cc(C(=O)Nc2cc3[nH]c(-c4ccnc(OC(F)C(F)F)n4)cc3cn2)c(C)n1. The Balaban J connectivity index is 1.56. The van der Waals surface area contributed by atoms with Crippen LogP contribution in [0.5, 0.6) is 6.01 Å². The fraction of sp³-hybridized carbons (Fsp3) is 0.250. The zero-order valence-corrected chi connectivity index (χ0v) is 17.0. The zero-order valence-electron chi connectivity index (χ0n) is 17.0. The van der Waals surface area contributed by atoms with E-state index in [1.807, 2.05) is 6.92 Å². The number of ether oxygens (including phenoxy) is 1. The van der Waals surface area contributed by atoms with Crippen LogP contribution >= 0.6 is 0 Å². The summed E-state index contributed by atoms with van der Waals surface area (Å²) in [4.78, 5) is 27.5. The predicted octanol–water partition coefficient (Wildman–Crippen LogP) is 3.74. The topological polar surface area (TPSA) is 111 Å². The second-order valence-electron chi connectivity index (χ2n) is 6.81. The van der Waals surface area contributed by atoms with Gasteiger partial charge in [-0.25, -0.2) is 18.7 Å². The average molecular weight is 445 g/mol. The molecule has 0 aliphatic carbocycles. The third-order valence-corrected chi connectivity index (χ3v) is 4.59. The number of carbonyl (C=O) groups excluding carboxylic acids is 1. The summed E-state index contributed by atoms with van der Waals surface area (Å²) < 4.78 is 43.9. The lowest BCUT2D eigenvalue weighted by Gasteiger charge is -2.08. The maximum absolute atomic E-state index is 13.1. The van der Waals surface area contributed by atoms with Gasteiger partial charge in [0.1, 0.15) is 5.82 Å². The molecule has 12 heteroatoms. The molecule has 1 unspecified atom stereocenters. The Morgan fingerprint density at radius 2 is 2.09 bits per heavy atom. The van der Waals surface area contributed by atoms with Crippen molar-refractivity contribution < 1.29 is 22.7 Å². The van der Waals surface area contributed by atoms with Crippen LogP contribution in [0.15, 0.2) is 36.8 Å². The molecule has 0 saturated heterocycles. The Hall–Kier alpha value is -3.96. The predicted molar refractivity (Wildman–Crippen MR) is 109 cm³/mol. The second kappa shape index (κ2) is 8.65. The lowest BCUT2D eigenvalue weighted by Crippen LogP contribution is -2.20. The molecule has 0 radical (unpaired) electrons. The Labute approximate surface area is 179 Å². The van der Waals surface area contributed by atoms with Crippen LogP contribution < -0.4 is 10.1 Å². The highest BCUT2D eigenvalue weighted by Gasteiger charge is 2.22. The van der Waals surface area contributed by atoms with Gasteiger partial charge in [-0.05, 0) is 26.0 Å². The molecule has 4 aromatic rings. The van der Waals surface area contributed by atoms with Crippen molar-refractivity contribution in [2.75, 3.05) is 5.32 Å². The van der Waals surface area contributed by atoms with Crippen LogP contribution in [0.3, 0.4) is 0 Å². The number of pyridine rings is 1. The van der Waals surface area contributed by atoms with Gasteiger partial charge in [0.25, 0.3) is 5.91 Å². The normalized spacial score (nSPS) is 12.3. The number of alkyl halides is 3. The minimum atomic E-state index is -3.31. The third kappa shape index (κ3) is 4.38. The van der Waals surface area contributed by atoms with Crippen LogP contribution in [0.1, 0.15) is 23.0 Å². The smallest absolute Gasteiger partial charge is 0.319 e. The van der Waals surface area contributed by atoms with Gasteiger partial charge in [-0.2, -0.15) is 14.5 Å². The molecule has 1 amide bonds. The molecule has 4 aromatic heterocycles. The molecule has 0 spiro atoms. The molecule has 0 aliphatic heterocycles. The number of hydrogen-bond acceptors (Lipinski definition) is 6. The van der Waals surface area contributed by atoms with Crippen molar-refractivity contribution in [3.05, 3.63) is 48.0 Å². The van der Waals surface area contributed by atoms with Crippen LogP contribution in [0.2, 0.25) is 0 Å². The third-order valence-electron chi connectivity index (χ3n) is 4.59. The number of nitrogens with zero attached hydrogens (tertiary/aromatic N) is 5. The monoisotopic (exact) mass is 445 g/mol. The number of amides is 1. The molecule has 166 valence electrons. The summed E-state index contributed by atoms with van der Waals surface area (Å²) in [7, 11) is 0. The number of H-pyrrole nitrogens is 1. The summed E-state index contributed by atoms with van der Waals surface area (Å²) in [5, 5.41) is 7.71. The molecule has 4 rings (SSSR count). The van der Waals surface area contributed by atoms with Crippen LogP contribution in [-0.4, -0.2) is 48.4 Å². The Kier molecular flexibility index (Phi) is 5.75. The standard InChI is InChI=1S/C20H18F3N7O2/c1-3-30-9-12(10(2)29-30)19(31)28-16-7-14-11(8-25-16)6-15(26-14)13-4-5-24-20(27-13)32-18(23)17(21)22/h4-9,17-18,26H,3H2,1-2H3,(H,25,28,31). The van der Waals surface area contributed by atoms with E-state index in [1.54, 1.807) is 36.1 Å². The molecule has 2 N–H and O–H groups in total. The van der Waals surface area contributed by atoms with E-state index in [1.165, 1.54) is 12.3 Å². The molecule has 32 heavy (non-hydrogen) atoms. The number of aromatic nitrogens is 6. The number of fused-ring (bicyclic) bond motifs is 1. The number of aromatic amines is 1. The van der Waals surface area contributed by atoms with Gasteiger partial charge in [-0.3, -0.25) is 9.48 Å². The molecule has 0 aliphatic rings. The highest BCUT2D eigenvalue weighted by atomic mass is 19.3. The number of nitrogens with one attached hydrogen (secondary N) is 2. The fourth-order valence-corrected chi connectivity index (χ4v) is 3.02. The molecule has 0 saturated carbocycles. The Morgan fingerprint density at radius 1 is 1.28 bits per heavy atom. The fourth-order valence-electron chi connectivity index (χ4n) is 3.02. The van der Waals surface area contributed by atoms with Gasteiger partial charge < -0.3 is 15.0 Å². The van der Waals surface area contributed by atoms with E-state index < -0.39 is 18.8 Å². The summed E-state index contributed by atoms with van der Waals surface area (Å²) >= 11 is 0. The number of anilines is 1. The minimum absolute atomic E-state index is 0.306. The molecule has 9 nitrogen and oxygen atoms in total. The highest BCUT2D eigenvalue weighted by molar-refractivity contribution is 6.05. The molecular weight excluding hydrogens is 427 g/mol. The lowest BCUT2D eigenvalue weighted by molar-refractivity contribution is -0.0713. The Morgan fingerprint density at radius 3 is 2.81 bits per heavy atom. The summed E-state index contributed by atoms with van der Waals surface area (Å²) in [5.74, 6) is -0.0123. The van der Waals surface area contributed by atoms with E-state index in [9.17, 15) is 18.0 Å². The summed E-state index contributed by atoms with van der Waals surface area (Å²) in [6.07, 6.45) is -1.64. The van der Waals surface area contributed by atoms with Crippen LogP contribution in [-0.2, 0) is 6.54 Å². The van der Waals surface area contributed by atoms with Crippen LogP contribution in [0.4, 0.5) is 19.0 Å². The zero-order chi connectivity index (χ0) is 22.8. The van der Waals surface area contributed by atoms with Crippen molar-refractivity contribution in [1.29, 1.82) is 0 Å². The van der Waals surface area contributed by atoms with E-state index >= 15 is 0 Å². The highest BCUT2D eigenvalue weighted by Crippen LogP contribution is 2.25. The average Bonchev–Trinajstić information content (AvgIpc) is 3.36. The van der Waals surface area contributed by atoms with Gasteiger partial charge in [0.15, 0.2) is 0 Å². The van der Waals surface area contributed by atoms with Crippen LogP contribution in [0.25, 0.3) is 22.3 Å². The van der Waals surface area contributed by atoms with Crippen molar-refractivity contribution in [3.63, 3.8) is 0 Å². The van der Waals surface area contributed by atoms with E-state index in [4.69, 9.17) is 0 Å². The summed E-state index contributed by atoms with van der Waals surface area (Å²) in [5.41, 5.74) is 2.51. The molecule has 0 bridgehead atoms. The van der Waals surface area contributed by atoms with Gasteiger partial charge in [-0.1, -0.05) is 0 Å². The van der Waals surface area contributed by atoms with Gasteiger partial charge in [0.05, 0.1) is 28.2 Å². The van der Waals surface area contributed by atoms with Crippen molar-refractivity contribution in [1.82, 2.24) is 29.7 Å². The first-order valence-corrected chi connectivity index (χ1v) is 9.60. The molecule has 4 heterocycles. The number of hydrogen-bond donors (Lipinski definition) is 2. The Bertz CT molecular complexity index is 1270. The van der Waals surface area contributed by atoms with Crippen LogP contribution in [0, 0.1) is 6.92 Å². The van der Waals surface area contributed by atoms with Gasteiger partial charge in [-0.15, -0.1) is 0 Å². The lowest BCUT2D eigenvalue weighted by atomic mass is 10.2. The first kappa shape index (κ1) is 21.3. The number of rotatable bonds is 7. The number of halogens is 3. The van der Waals surface area contributed by atoms with Crippen molar-refractivity contribution >= 4 is 22.6 Å².